The molecule has 0 radical (unpaired) electrons. The molecule has 2 nitrogen and oxygen atoms in total. The Balaban J connectivity index is 1.07. The second-order valence-electron chi connectivity index (χ2n) is 15.8. The minimum Gasteiger partial charge on any atom is -0.228 e. The molecule has 0 amide bonds. The van der Waals surface area contributed by atoms with E-state index in [1.807, 2.05) is 0 Å². The van der Waals surface area contributed by atoms with Crippen molar-refractivity contribution in [3.05, 3.63) is 205 Å². The normalized spacial score (nSPS) is 12.9. The number of rotatable bonds is 5. The fourth-order valence-corrected chi connectivity index (χ4v) is 9.16. The Morgan fingerprint density at radius 3 is 1.77 bits per heavy atom. The molecule has 0 saturated heterocycles. The number of benzene rings is 9. The molecule has 1 aliphatic rings. The second-order valence-corrected chi connectivity index (χ2v) is 15.8. The molecular weight excluding hydrogens is 689 g/mol. The van der Waals surface area contributed by atoms with Crippen molar-refractivity contribution in [2.24, 2.45) is 0 Å². The van der Waals surface area contributed by atoms with Gasteiger partial charge in [-0.3, -0.25) is 0 Å². The molecule has 1 heterocycles. The molecule has 268 valence electrons. The van der Waals surface area contributed by atoms with Crippen molar-refractivity contribution in [3.63, 3.8) is 0 Å². The van der Waals surface area contributed by atoms with Gasteiger partial charge in [0.1, 0.15) is 0 Å². The monoisotopic (exact) mass is 726 g/mol. The molecule has 10 aromatic rings. The van der Waals surface area contributed by atoms with E-state index in [9.17, 15) is 0 Å². The highest BCUT2D eigenvalue weighted by molar-refractivity contribution is 6.20. The van der Waals surface area contributed by atoms with Crippen LogP contribution in [0.25, 0.3) is 99.6 Å². The van der Waals surface area contributed by atoms with Crippen LogP contribution in [0.15, 0.2) is 194 Å². The van der Waals surface area contributed by atoms with Gasteiger partial charge in [0.15, 0.2) is 5.82 Å². The highest BCUT2D eigenvalue weighted by Gasteiger charge is 2.35. The topological polar surface area (TPSA) is 25.8 Å². The first-order valence-electron chi connectivity index (χ1n) is 19.7. The number of aromatic nitrogens is 2. The predicted octanol–water partition coefficient (Wildman–Crippen LogP) is 14.6. The van der Waals surface area contributed by atoms with Crippen molar-refractivity contribution in [1.29, 1.82) is 0 Å². The van der Waals surface area contributed by atoms with Gasteiger partial charge < -0.3 is 0 Å². The highest BCUT2D eigenvalue weighted by atomic mass is 14.9. The molecule has 9 aromatic carbocycles. The molecule has 1 aromatic heterocycles. The molecule has 0 saturated carbocycles. The number of hydrogen-bond acceptors (Lipinski definition) is 2. The lowest BCUT2D eigenvalue weighted by Gasteiger charge is -2.21. The van der Waals surface area contributed by atoms with Gasteiger partial charge >= 0.3 is 0 Å². The quantitative estimate of drug-likeness (QED) is 0.130. The summed E-state index contributed by atoms with van der Waals surface area (Å²) in [6.07, 6.45) is 0. The zero-order valence-corrected chi connectivity index (χ0v) is 31.9. The van der Waals surface area contributed by atoms with Crippen LogP contribution >= 0.6 is 0 Å². The summed E-state index contributed by atoms with van der Waals surface area (Å²) in [4.78, 5) is 10.6. The van der Waals surface area contributed by atoms with E-state index in [0.29, 0.717) is 5.82 Å². The molecule has 2 heteroatoms. The summed E-state index contributed by atoms with van der Waals surface area (Å²) in [6.45, 7) is 4.65. The van der Waals surface area contributed by atoms with Crippen molar-refractivity contribution >= 4 is 32.3 Å². The maximum absolute atomic E-state index is 5.32. The minimum absolute atomic E-state index is 0.0609. The summed E-state index contributed by atoms with van der Waals surface area (Å²) in [5.41, 5.74) is 14.9. The van der Waals surface area contributed by atoms with Gasteiger partial charge in [0.05, 0.1) is 11.4 Å². The van der Waals surface area contributed by atoms with Gasteiger partial charge in [-0.05, 0) is 101 Å². The van der Waals surface area contributed by atoms with E-state index in [4.69, 9.17) is 9.97 Å². The van der Waals surface area contributed by atoms with E-state index >= 15 is 0 Å². The largest absolute Gasteiger partial charge is 0.228 e. The van der Waals surface area contributed by atoms with Crippen LogP contribution in [0.2, 0.25) is 0 Å². The Hall–Kier alpha value is -7.16. The first-order valence-corrected chi connectivity index (χ1v) is 19.7. The summed E-state index contributed by atoms with van der Waals surface area (Å²) in [5.74, 6) is 0.703. The maximum Gasteiger partial charge on any atom is 0.160 e. The van der Waals surface area contributed by atoms with E-state index in [1.54, 1.807) is 0 Å². The zero-order valence-electron chi connectivity index (χ0n) is 31.9. The zero-order chi connectivity index (χ0) is 38.1. The highest BCUT2D eigenvalue weighted by Crippen LogP contribution is 2.49. The van der Waals surface area contributed by atoms with Gasteiger partial charge in [-0.25, -0.2) is 9.97 Å². The van der Waals surface area contributed by atoms with E-state index < -0.39 is 0 Å². The Labute approximate surface area is 332 Å². The molecule has 0 fully saturated rings. The third-order valence-corrected chi connectivity index (χ3v) is 12.1. The molecule has 0 spiro atoms. The van der Waals surface area contributed by atoms with Crippen LogP contribution in [0.4, 0.5) is 0 Å². The van der Waals surface area contributed by atoms with Gasteiger partial charge in [-0.15, -0.1) is 0 Å². The third kappa shape index (κ3) is 5.48. The van der Waals surface area contributed by atoms with E-state index in [0.717, 1.165) is 33.6 Å². The average Bonchev–Trinajstić information content (AvgIpc) is 3.51. The lowest BCUT2D eigenvalue weighted by Crippen LogP contribution is -2.14. The van der Waals surface area contributed by atoms with Crippen molar-refractivity contribution in [2.75, 3.05) is 0 Å². The summed E-state index contributed by atoms with van der Waals surface area (Å²) in [6, 6.07) is 70.2. The molecule has 0 unspecified atom stereocenters. The fraction of sp³-hybridized carbons (Fsp3) is 0.0545. The summed E-state index contributed by atoms with van der Waals surface area (Å²) >= 11 is 0. The lowest BCUT2D eigenvalue weighted by molar-refractivity contribution is 0.660. The van der Waals surface area contributed by atoms with Gasteiger partial charge in [0.25, 0.3) is 0 Å². The van der Waals surface area contributed by atoms with Crippen LogP contribution in [0.3, 0.4) is 0 Å². The Morgan fingerprint density at radius 2 is 0.947 bits per heavy atom. The molecule has 1 aliphatic carbocycles. The van der Waals surface area contributed by atoms with Crippen LogP contribution < -0.4 is 0 Å². The second kappa shape index (κ2) is 13.0. The first-order chi connectivity index (χ1) is 28.0. The molecule has 11 rings (SSSR count). The first kappa shape index (κ1) is 33.2. The molecule has 0 aliphatic heterocycles. The van der Waals surface area contributed by atoms with Crippen LogP contribution in [0, 0.1) is 0 Å². The Kier molecular flexibility index (Phi) is 7.55. The average molecular weight is 727 g/mol. The molecule has 0 atom stereocenters. The van der Waals surface area contributed by atoms with Gasteiger partial charge in [-0.1, -0.05) is 184 Å². The number of nitrogens with zero attached hydrogens (tertiary/aromatic N) is 2. The number of fused-ring (bicyclic) bond motifs is 7. The van der Waals surface area contributed by atoms with Crippen molar-refractivity contribution in [3.8, 4) is 67.3 Å². The van der Waals surface area contributed by atoms with Crippen LogP contribution in [-0.2, 0) is 5.41 Å². The molecule has 0 bridgehead atoms. The lowest BCUT2D eigenvalue weighted by atomic mass is 9.82. The summed E-state index contributed by atoms with van der Waals surface area (Å²) < 4.78 is 0. The number of hydrogen-bond donors (Lipinski definition) is 0. The van der Waals surface area contributed by atoms with Gasteiger partial charge in [0, 0.05) is 22.1 Å². The molecule has 0 N–H and O–H groups in total. The Bertz CT molecular complexity index is 3190. The smallest absolute Gasteiger partial charge is 0.160 e. The minimum atomic E-state index is -0.0609. The summed E-state index contributed by atoms with van der Waals surface area (Å²) in [7, 11) is 0. The van der Waals surface area contributed by atoms with Crippen molar-refractivity contribution in [1.82, 2.24) is 9.97 Å². The fourth-order valence-electron chi connectivity index (χ4n) is 9.16. The molecule has 57 heavy (non-hydrogen) atoms. The Morgan fingerprint density at radius 1 is 0.333 bits per heavy atom. The van der Waals surface area contributed by atoms with Crippen molar-refractivity contribution in [2.45, 2.75) is 19.3 Å². The maximum atomic E-state index is 5.32. The van der Waals surface area contributed by atoms with Crippen LogP contribution in [0.1, 0.15) is 25.0 Å². The standard InChI is InChI=1S/C55H38N2/c1-55(2)49-22-11-10-21-45(49)48-33-42(28-30-50(48)55)52-34-51(41-18-12-17-39(31-41)35-13-4-3-5-14-35)56-54(57-52)38-25-23-37(24-26-38)53-44-20-9-7-16-40(44)32-47-43-19-8-6-15-36(43)27-29-46(47)53/h3-34H,1-2H3. The van der Waals surface area contributed by atoms with E-state index in [-0.39, 0.29) is 5.41 Å². The van der Waals surface area contributed by atoms with Gasteiger partial charge in [0.2, 0.25) is 0 Å². The molecular formula is C55H38N2. The van der Waals surface area contributed by atoms with Gasteiger partial charge in [-0.2, -0.15) is 0 Å². The summed E-state index contributed by atoms with van der Waals surface area (Å²) in [5, 5.41) is 7.52. The van der Waals surface area contributed by atoms with E-state index in [1.165, 1.54) is 71.3 Å². The predicted molar refractivity (Wildman–Crippen MR) is 239 cm³/mol. The van der Waals surface area contributed by atoms with E-state index in [2.05, 4.69) is 208 Å². The van der Waals surface area contributed by atoms with Crippen LogP contribution in [0.5, 0.6) is 0 Å². The van der Waals surface area contributed by atoms with Crippen molar-refractivity contribution < 1.29 is 0 Å². The SMILES string of the molecule is CC1(C)c2ccccc2-c2cc(-c3cc(-c4cccc(-c5ccccc5)c4)nc(-c4ccc(-c5c6ccccc6cc6c5ccc5ccccc56)cc4)n3)ccc21. The third-order valence-electron chi connectivity index (χ3n) is 12.1. The van der Waals surface area contributed by atoms with Crippen LogP contribution in [-0.4, -0.2) is 9.97 Å².